The van der Waals surface area contributed by atoms with Crippen LogP contribution in [-0.2, 0) is 0 Å². The molecule has 108 valence electrons. The fourth-order valence-corrected chi connectivity index (χ4v) is 2.73. The standard InChI is InChI=1S/C13H20N6O/c1-2-14-13-17-11-10(15-8-16-11)12(18-13)19-6-4-3-5-9(19)7-20/h8-9,20H,2-7H2,1H3,(H2,14,15,16,17,18). The molecule has 2 aromatic heterocycles. The van der Waals surface area contributed by atoms with Crippen LogP contribution < -0.4 is 10.2 Å². The summed E-state index contributed by atoms with van der Waals surface area (Å²) in [5.41, 5.74) is 1.50. The highest BCUT2D eigenvalue weighted by molar-refractivity contribution is 5.84. The Labute approximate surface area is 117 Å². The number of aliphatic hydroxyl groups excluding tert-OH is 1. The molecular weight excluding hydrogens is 256 g/mol. The van der Waals surface area contributed by atoms with Crippen LogP contribution in [0.15, 0.2) is 6.33 Å². The first kappa shape index (κ1) is 13.1. The quantitative estimate of drug-likeness (QED) is 0.776. The van der Waals surface area contributed by atoms with Gasteiger partial charge in [-0.1, -0.05) is 0 Å². The molecule has 0 aliphatic carbocycles. The van der Waals surface area contributed by atoms with Crippen LogP contribution in [0.1, 0.15) is 26.2 Å². The number of anilines is 2. The molecule has 0 radical (unpaired) electrons. The molecule has 0 spiro atoms. The number of aromatic amines is 1. The molecule has 0 amide bonds. The maximum Gasteiger partial charge on any atom is 0.226 e. The van der Waals surface area contributed by atoms with E-state index in [1.807, 2.05) is 6.92 Å². The minimum atomic E-state index is 0.125. The van der Waals surface area contributed by atoms with E-state index in [1.54, 1.807) is 6.33 Å². The number of nitrogens with zero attached hydrogens (tertiary/aromatic N) is 4. The second-order valence-corrected chi connectivity index (χ2v) is 5.03. The van der Waals surface area contributed by atoms with Crippen molar-refractivity contribution in [2.24, 2.45) is 0 Å². The van der Waals surface area contributed by atoms with Gasteiger partial charge < -0.3 is 20.3 Å². The lowest BCUT2D eigenvalue weighted by Crippen LogP contribution is -2.42. The third-order valence-electron chi connectivity index (χ3n) is 3.71. The maximum absolute atomic E-state index is 9.59. The zero-order chi connectivity index (χ0) is 13.9. The van der Waals surface area contributed by atoms with Crippen LogP contribution in [0.3, 0.4) is 0 Å². The number of hydrogen-bond donors (Lipinski definition) is 3. The summed E-state index contributed by atoms with van der Waals surface area (Å²) in [5.74, 6) is 1.42. The highest BCUT2D eigenvalue weighted by atomic mass is 16.3. The van der Waals surface area contributed by atoms with Gasteiger partial charge in [0.25, 0.3) is 0 Å². The van der Waals surface area contributed by atoms with Crippen molar-refractivity contribution < 1.29 is 5.11 Å². The smallest absolute Gasteiger partial charge is 0.226 e. The number of H-pyrrole nitrogens is 1. The second-order valence-electron chi connectivity index (χ2n) is 5.03. The Bertz CT molecular complexity index is 583. The average Bonchev–Trinajstić information content (AvgIpc) is 2.95. The summed E-state index contributed by atoms with van der Waals surface area (Å²) in [6.07, 6.45) is 4.90. The van der Waals surface area contributed by atoms with E-state index >= 15 is 0 Å². The summed E-state index contributed by atoms with van der Waals surface area (Å²) >= 11 is 0. The summed E-state index contributed by atoms with van der Waals surface area (Å²) < 4.78 is 0. The third kappa shape index (κ3) is 2.29. The minimum Gasteiger partial charge on any atom is -0.394 e. The lowest BCUT2D eigenvalue weighted by atomic mass is 10.0. The molecule has 0 bridgehead atoms. The SMILES string of the molecule is CCNc1nc(N2CCCCC2CO)c2[nH]cnc2n1. The van der Waals surface area contributed by atoms with Gasteiger partial charge in [-0.25, -0.2) is 4.98 Å². The Kier molecular flexibility index (Phi) is 3.68. The van der Waals surface area contributed by atoms with E-state index in [9.17, 15) is 5.11 Å². The fraction of sp³-hybridized carbons (Fsp3) is 0.615. The Morgan fingerprint density at radius 1 is 1.45 bits per heavy atom. The second kappa shape index (κ2) is 5.62. The van der Waals surface area contributed by atoms with Crippen molar-refractivity contribution in [2.45, 2.75) is 32.2 Å². The minimum absolute atomic E-state index is 0.125. The molecule has 3 N–H and O–H groups in total. The molecule has 20 heavy (non-hydrogen) atoms. The predicted molar refractivity (Wildman–Crippen MR) is 77.9 cm³/mol. The topological polar surface area (TPSA) is 90.0 Å². The van der Waals surface area contributed by atoms with Gasteiger partial charge in [0.05, 0.1) is 19.0 Å². The van der Waals surface area contributed by atoms with Crippen molar-refractivity contribution in [3.8, 4) is 0 Å². The van der Waals surface area contributed by atoms with E-state index in [2.05, 4.69) is 30.2 Å². The van der Waals surface area contributed by atoms with Gasteiger partial charge in [0.2, 0.25) is 5.95 Å². The van der Waals surface area contributed by atoms with Gasteiger partial charge in [-0.05, 0) is 26.2 Å². The van der Waals surface area contributed by atoms with Gasteiger partial charge in [-0.15, -0.1) is 0 Å². The number of nitrogens with one attached hydrogen (secondary N) is 2. The Balaban J connectivity index is 2.05. The van der Waals surface area contributed by atoms with E-state index in [0.29, 0.717) is 11.6 Å². The van der Waals surface area contributed by atoms with E-state index < -0.39 is 0 Å². The van der Waals surface area contributed by atoms with Crippen LogP contribution in [0.5, 0.6) is 0 Å². The lowest BCUT2D eigenvalue weighted by molar-refractivity contribution is 0.239. The zero-order valence-electron chi connectivity index (χ0n) is 11.6. The number of aromatic nitrogens is 4. The molecule has 3 heterocycles. The number of hydrogen-bond acceptors (Lipinski definition) is 6. The molecule has 1 aliphatic rings. The van der Waals surface area contributed by atoms with E-state index in [-0.39, 0.29) is 12.6 Å². The highest BCUT2D eigenvalue weighted by Gasteiger charge is 2.26. The molecule has 1 saturated heterocycles. The number of fused-ring (bicyclic) bond motifs is 1. The van der Waals surface area contributed by atoms with Gasteiger partial charge in [0, 0.05) is 13.1 Å². The van der Waals surface area contributed by atoms with Crippen LogP contribution in [0.2, 0.25) is 0 Å². The molecule has 1 atom stereocenters. The number of rotatable bonds is 4. The van der Waals surface area contributed by atoms with Crippen LogP contribution in [0.25, 0.3) is 11.2 Å². The van der Waals surface area contributed by atoms with Crippen LogP contribution in [0, 0.1) is 0 Å². The normalized spacial score (nSPS) is 19.5. The first-order valence-corrected chi connectivity index (χ1v) is 7.16. The summed E-state index contributed by atoms with van der Waals surface area (Å²) in [6.45, 7) is 3.83. The van der Waals surface area contributed by atoms with Crippen LogP contribution >= 0.6 is 0 Å². The summed E-state index contributed by atoms with van der Waals surface area (Å²) in [5, 5.41) is 12.7. The third-order valence-corrected chi connectivity index (χ3v) is 3.71. The van der Waals surface area contributed by atoms with Crippen molar-refractivity contribution in [1.29, 1.82) is 0 Å². The molecule has 1 unspecified atom stereocenters. The summed E-state index contributed by atoms with van der Waals surface area (Å²) in [4.78, 5) is 18.5. The summed E-state index contributed by atoms with van der Waals surface area (Å²) in [6, 6.07) is 0.125. The van der Waals surface area contributed by atoms with Crippen molar-refractivity contribution >= 4 is 22.9 Å². The number of aliphatic hydroxyl groups is 1. The van der Waals surface area contributed by atoms with Crippen molar-refractivity contribution in [3.63, 3.8) is 0 Å². The predicted octanol–water partition coefficient (Wildman–Crippen LogP) is 1.14. The van der Waals surface area contributed by atoms with Gasteiger partial charge in [-0.2, -0.15) is 9.97 Å². The molecule has 0 saturated carbocycles. The fourth-order valence-electron chi connectivity index (χ4n) is 2.73. The molecule has 1 fully saturated rings. The Morgan fingerprint density at radius 3 is 3.15 bits per heavy atom. The molecule has 3 rings (SSSR count). The number of imidazole rings is 1. The largest absolute Gasteiger partial charge is 0.394 e. The molecule has 2 aromatic rings. The van der Waals surface area contributed by atoms with Crippen LogP contribution in [0.4, 0.5) is 11.8 Å². The van der Waals surface area contributed by atoms with Gasteiger partial charge >= 0.3 is 0 Å². The zero-order valence-corrected chi connectivity index (χ0v) is 11.6. The lowest BCUT2D eigenvalue weighted by Gasteiger charge is -2.35. The molecular formula is C13H20N6O. The van der Waals surface area contributed by atoms with Gasteiger partial charge in [0.15, 0.2) is 11.5 Å². The number of piperidine rings is 1. The molecule has 1 aliphatic heterocycles. The highest BCUT2D eigenvalue weighted by Crippen LogP contribution is 2.28. The van der Waals surface area contributed by atoms with Gasteiger partial charge in [-0.3, -0.25) is 0 Å². The van der Waals surface area contributed by atoms with Gasteiger partial charge in [0.1, 0.15) is 5.52 Å². The average molecular weight is 276 g/mol. The molecule has 0 aromatic carbocycles. The first-order chi connectivity index (χ1) is 9.83. The van der Waals surface area contributed by atoms with E-state index in [0.717, 1.165) is 43.7 Å². The monoisotopic (exact) mass is 276 g/mol. The van der Waals surface area contributed by atoms with E-state index in [1.165, 1.54) is 0 Å². The van der Waals surface area contributed by atoms with Crippen molar-refractivity contribution in [3.05, 3.63) is 6.33 Å². The molecule has 7 nitrogen and oxygen atoms in total. The maximum atomic E-state index is 9.59. The van der Waals surface area contributed by atoms with E-state index in [4.69, 9.17) is 0 Å². The summed E-state index contributed by atoms with van der Waals surface area (Å²) in [7, 11) is 0. The van der Waals surface area contributed by atoms with Crippen molar-refractivity contribution in [2.75, 3.05) is 29.9 Å². The Morgan fingerprint density at radius 2 is 2.35 bits per heavy atom. The van der Waals surface area contributed by atoms with Crippen molar-refractivity contribution in [1.82, 2.24) is 19.9 Å². The molecule has 7 heteroatoms. The first-order valence-electron chi connectivity index (χ1n) is 7.16. The Hall–Kier alpha value is -1.89. The van der Waals surface area contributed by atoms with Crippen LogP contribution in [-0.4, -0.2) is 50.8 Å².